The van der Waals surface area contributed by atoms with Crippen LogP contribution in [0.1, 0.15) is 32.6 Å². The van der Waals surface area contributed by atoms with Crippen LogP contribution >= 0.6 is 0 Å². The molecule has 0 aliphatic heterocycles. The third-order valence-electron chi connectivity index (χ3n) is 3.20. The zero-order valence-corrected chi connectivity index (χ0v) is 11.9. The molecule has 0 bridgehead atoms. The molecule has 1 heterocycles. The van der Waals surface area contributed by atoms with Crippen LogP contribution in [0.5, 0.6) is 0 Å². The molecule has 0 unspecified atom stereocenters. The SMILES string of the molecule is CC[C@@H](C)NC(=O)CCc1ncc(-c2ccccc2)o1. The van der Waals surface area contributed by atoms with Crippen LogP contribution in [0.25, 0.3) is 11.3 Å². The summed E-state index contributed by atoms with van der Waals surface area (Å²) in [7, 11) is 0. The van der Waals surface area contributed by atoms with E-state index in [0.717, 1.165) is 17.7 Å². The molecule has 0 fully saturated rings. The highest BCUT2D eigenvalue weighted by molar-refractivity contribution is 5.76. The van der Waals surface area contributed by atoms with Crippen LogP contribution in [0.3, 0.4) is 0 Å². The van der Waals surface area contributed by atoms with Crippen molar-refractivity contribution in [3.05, 3.63) is 42.4 Å². The van der Waals surface area contributed by atoms with Crippen molar-refractivity contribution in [2.75, 3.05) is 0 Å². The molecular weight excluding hydrogens is 252 g/mol. The molecule has 0 aliphatic carbocycles. The molecule has 0 saturated heterocycles. The average Bonchev–Trinajstić information content (AvgIpc) is 2.95. The Labute approximate surface area is 119 Å². The smallest absolute Gasteiger partial charge is 0.220 e. The molecule has 1 aromatic carbocycles. The number of nitrogens with one attached hydrogen (secondary N) is 1. The fourth-order valence-electron chi connectivity index (χ4n) is 1.83. The van der Waals surface area contributed by atoms with Crippen molar-refractivity contribution < 1.29 is 9.21 Å². The van der Waals surface area contributed by atoms with Gasteiger partial charge in [0, 0.05) is 24.4 Å². The largest absolute Gasteiger partial charge is 0.441 e. The van der Waals surface area contributed by atoms with Gasteiger partial charge in [-0.25, -0.2) is 4.98 Å². The molecule has 2 aromatic rings. The Kier molecular flexibility index (Phi) is 4.93. The van der Waals surface area contributed by atoms with E-state index in [4.69, 9.17) is 4.42 Å². The summed E-state index contributed by atoms with van der Waals surface area (Å²) in [5.74, 6) is 1.38. The monoisotopic (exact) mass is 272 g/mol. The topological polar surface area (TPSA) is 55.1 Å². The zero-order chi connectivity index (χ0) is 14.4. The number of nitrogens with zero attached hydrogens (tertiary/aromatic N) is 1. The molecule has 4 nitrogen and oxygen atoms in total. The molecule has 0 spiro atoms. The van der Waals surface area contributed by atoms with Gasteiger partial charge in [0.05, 0.1) is 6.20 Å². The second-order valence-electron chi connectivity index (χ2n) is 4.86. The van der Waals surface area contributed by atoms with Crippen LogP contribution in [0.15, 0.2) is 40.9 Å². The van der Waals surface area contributed by atoms with Gasteiger partial charge in [0.2, 0.25) is 5.91 Å². The van der Waals surface area contributed by atoms with E-state index >= 15 is 0 Å². The van der Waals surface area contributed by atoms with Gasteiger partial charge < -0.3 is 9.73 Å². The Hall–Kier alpha value is -2.10. The maximum absolute atomic E-state index is 11.7. The van der Waals surface area contributed by atoms with E-state index < -0.39 is 0 Å². The summed E-state index contributed by atoms with van der Waals surface area (Å²) in [5, 5.41) is 2.93. The first-order valence-corrected chi connectivity index (χ1v) is 6.98. The minimum Gasteiger partial charge on any atom is -0.441 e. The minimum absolute atomic E-state index is 0.0406. The van der Waals surface area contributed by atoms with E-state index in [9.17, 15) is 4.79 Å². The third-order valence-corrected chi connectivity index (χ3v) is 3.20. The Bertz CT molecular complexity index is 549. The first-order chi connectivity index (χ1) is 9.69. The number of aryl methyl sites for hydroxylation is 1. The molecule has 0 radical (unpaired) electrons. The van der Waals surface area contributed by atoms with Crippen molar-refractivity contribution in [3.8, 4) is 11.3 Å². The number of hydrogen-bond acceptors (Lipinski definition) is 3. The van der Waals surface area contributed by atoms with Crippen LogP contribution < -0.4 is 5.32 Å². The minimum atomic E-state index is 0.0406. The molecule has 1 N–H and O–H groups in total. The molecule has 106 valence electrons. The van der Waals surface area contributed by atoms with Gasteiger partial charge in [-0.05, 0) is 13.3 Å². The van der Waals surface area contributed by atoms with Crippen molar-refractivity contribution in [1.82, 2.24) is 10.3 Å². The Morgan fingerprint density at radius 3 is 2.80 bits per heavy atom. The summed E-state index contributed by atoms with van der Waals surface area (Å²) >= 11 is 0. The van der Waals surface area contributed by atoms with Crippen molar-refractivity contribution in [2.24, 2.45) is 0 Å². The number of amides is 1. The second-order valence-corrected chi connectivity index (χ2v) is 4.86. The lowest BCUT2D eigenvalue weighted by atomic mass is 10.2. The first-order valence-electron chi connectivity index (χ1n) is 6.98. The highest BCUT2D eigenvalue weighted by Gasteiger charge is 2.10. The van der Waals surface area contributed by atoms with E-state index in [1.807, 2.05) is 44.2 Å². The molecule has 1 amide bonds. The summed E-state index contributed by atoms with van der Waals surface area (Å²) in [6.07, 6.45) is 3.56. The van der Waals surface area contributed by atoms with E-state index in [1.165, 1.54) is 0 Å². The van der Waals surface area contributed by atoms with Crippen LogP contribution in [-0.4, -0.2) is 16.9 Å². The van der Waals surface area contributed by atoms with Gasteiger partial charge in [0.25, 0.3) is 0 Å². The standard InChI is InChI=1S/C16H20N2O2/c1-3-12(2)18-15(19)9-10-16-17-11-14(20-16)13-7-5-4-6-8-13/h4-8,11-12H,3,9-10H2,1-2H3,(H,18,19)/t12-/m1/s1. The Morgan fingerprint density at radius 2 is 2.10 bits per heavy atom. The number of oxazole rings is 1. The maximum atomic E-state index is 11.7. The van der Waals surface area contributed by atoms with Crippen LogP contribution in [0.2, 0.25) is 0 Å². The first kappa shape index (κ1) is 14.3. The molecule has 1 atom stereocenters. The highest BCUT2D eigenvalue weighted by atomic mass is 16.4. The van der Waals surface area contributed by atoms with Gasteiger partial charge >= 0.3 is 0 Å². The van der Waals surface area contributed by atoms with Crippen LogP contribution in [-0.2, 0) is 11.2 Å². The summed E-state index contributed by atoms with van der Waals surface area (Å²) < 4.78 is 5.66. The van der Waals surface area contributed by atoms with E-state index in [1.54, 1.807) is 6.20 Å². The van der Waals surface area contributed by atoms with E-state index in [2.05, 4.69) is 10.3 Å². The van der Waals surface area contributed by atoms with Crippen molar-refractivity contribution in [2.45, 2.75) is 39.2 Å². The number of carbonyl (C=O) groups is 1. The maximum Gasteiger partial charge on any atom is 0.220 e. The lowest BCUT2D eigenvalue weighted by molar-refractivity contribution is -0.121. The molecular formula is C16H20N2O2. The van der Waals surface area contributed by atoms with Gasteiger partial charge in [-0.3, -0.25) is 4.79 Å². The van der Waals surface area contributed by atoms with Crippen molar-refractivity contribution in [1.29, 1.82) is 0 Å². The molecule has 4 heteroatoms. The molecule has 0 saturated carbocycles. The predicted molar refractivity (Wildman–Crippen MR) is 78.2 cm³/mol. The van der Waals surface area contributed by atoms with Crippen molar-refractivity contribution in [3.63, 3.8) is 0 Å². The highest BCUT2D eigenvalue weighted by Crippen LogP contribution is 2.20. The van der Waals surface area contributed by atoms with Crippen molar-refractivity contribution >= 4 is 5.91 Å². The predicted octanol–water partition coefficient (Wildman–Crippen LogP) is 3.19. The number of rotatable bonds is 6. The lowest BCUT2D eigenvalue weighted by Gasteiger charge is -2.10. The number of carbonyl (C=O) groups excluding carboxylic acids is 1. The van der Waals surface area contributed by atoms with Gasteiger partial charge in [0.1, 0.15) is 0 Å². The molecule has 20 heavy (non-hydrogen) atoms. The Morgan fingerprint density at radius 1 is 1.35 bits per heavy atom. The lowest BCUT2D eigenvalue weighted by Crippen LogP contribution is -2.32. The summed E-state index contributed by atoms with van der Waals surface area (Å²) in [5.41, 5.74) is 0.996. The average molecular weight is 272 g/mol. The fourth-order valence-corrected chi connectivity index (χ4v) is 1.83. The van der Waals surface area contributed by atoms with E-state index in [-0.39, 0.29) is 11.9 Å². The molecule has 0 aliphatic rings. The van der Waals surface area contributed by atoms with Gasteiger partial charge in [-0.15, -0.1) is 0 Å². The molecule has 2 rings (SSSR count). The van der Waals surface area contributed by atoms with Gasteiger partial charge in [-0.2, -0.15) is 0 Å². The normalized spacial score (nSPS) is 12.1. The van der Waals surface area contributed by atoms with E-state index in [0.29, 0.717) is 18.7 Å². The quantitative estimate of drug-likeness (QED) is 0.878. The number of benzene rings is 1. The Balaban J connectivity index is 1.89. The van der Waals surface area contributed by atoms with Crippen LogP contribution in [0, 0.1) is 0 Å². The summed E-state index contributed by atoms with van der Waals surface area (Å²) in [6, 6.07) is 10.0. The number of hydrogen-bond donors (Lipinski definition) is 1. The second kappa shape index (κ2) is 6.89. The summed E-state index contributed by atoms with van der Waals surface area (Å²) in [4.78, 5) is 15.9. The summed E-state index contributed by atoms with van der Waals surface area (Å²) in [6.45, 7) is 4.04. The molecule has 1 aromatic heterocycles. The van der Waals surface area contributed by atoms with Gasteiger partial charge in [0.15, 0.2) is 11.7 Å². The fraction of sp³-hybridized carbons (Fsp3) is 0.375. The number of aromatic nitrogens is 1. The zero-order valence-electron chi connectivity index (χ0n) is 11.9. The third kappa shape index (κ3) is 3.95. The van der Waals surface area contributed by atoms with Gasteiger partial charge in [-0.1, -0.05) is 37.3 Å². The van der Waals surface area contributed by atoms with Crippen LogP contribution in [0.4, 0.5) is 0 Å².